The highest BCUT2D eigenvalue weighted by Crippen LogP contribution is 2.40. The number of benzene rings is 1. The minimum atomic E-state index is -0.742. The first-order valence-corrected chi connectivity index (χ1v) is 10.9. The summed E-state index contributed by atoms with van der Waals surface area (Å²) < 4.78 is 11.3. The Balaban J connectivity index is 1.74. The highest BCUT2D eigenvalue weighted by atomic mass is 16.5. The van der Waals surface area contributed by atoms with Gasteiger partial charge in [0.2, 0.25) is 0 Å². The third-order valence-electron chi connectivity index (χ3n) is 6.23. The van der Waals surface area contributed by atoms with Gasteiger partial charge in [-0.05, 0) is 56.7 Å². The van der Waals surface area contributed by atoms with Gasteiger partial charge in [0.25, 0.3) is 11.7 Å². The van der Waals surface area contributed by atoms with Gasteiger partial charge < -0.3 is 24.1 Å². The fraction of sp³-hybridized carbons (Fsp3) is 0.417. The molecule has 3 heterocycles. The van der Waals surface area contributed by atoms with Crippen LogP contribution in [0.3, 0.4) is 0 Å². The van der Waals surface area contributed by atoms with Crippen LogP contribution in [-0.2, 0) is 16.0 Å². The molecule has 31 heavy (non-hydrogen) atoms. The Labute approximate surface area is 181 Å². The number of likely N-dealkylation sites (tertiary alicyclic amines) is 1. The second-order valence-corrected chi connectivity index (χ2v) is 8.17. The van der Waals surface area contributed by atoms with E-state index in [2.05, 4.69) is 13.8 Å². The molecule has 7 nitrogen and oxygen atoms in total. The SMILES string of the molecule is CC[NH+](CC)CCN1C(=O)C(=O)C(=C(O)c2ccc3c(c2)C[C@H](C)O3)[C@H]1c1ccco1. The Kier molecular flexibility index (Phi) is 5.87. The quantitative estimate of drug-likeness (QED) is 0.402. The molecule has 0 aliphatic carbocycles. The Morgan fingerprint density at radius 2 is 2.00 bits per heavy atom. The van der Waals surface area contributed by atoms with Crippen molar-refractivity contribution in [3.05, 3.63) is 59.1 Å². The zero-order valence-electron chi connectivity index (χ0n) is 18.2. The monoisotopic (exact) mass is 425 g/mol. The van der Waals surface area contributed by atoms with Crippen LogP contribution in [0.1, 0.15) is 43.7 Å². The molecule has 2 N–H and O–H groups in total. The number of amides is 1. The minimum absolute atomic E-state index is 0.0708. The first-order chi connectivity index (χ1) is 14.9. The van der Waals surface area contributed by atoms with Gasteiger partial charge in [-0.25, -0.2) is 0 Å². The van der Waals surface area contributed by atoms with E-state index in [9.17, 15) is 14.7 Å². The number of aliphatic hydroxyl groups excluding tert-OH is 1. The van der Waals surface area contributed by atoms with E-state index in [1.54, 1.807) is 24.3 Å². The summed E-state index contributed by atoms with van der Waals surface area (Å²) in [5, 5.41) is 11.2. The number of carbonyl (C=O) groups excluding carboxylic acids is 2. The predicted octanol–water partition coefficient (Wildman–Crippen LogP) is 1.95. The van der Waals surface area contributed by atoms with Crippen molar-refractivity contribution >= 4 is 17.4 Å². The number of fused-ring (bicyclic) bond motifs is 1. The third kappa shape index (κ3) is 3.85. The first kappa shape index (κ1) is 21.2. The molecule has 2 atom stereocenters. The van der Waals surface area contributed by atoms with Crippen LogP contribution in [0.5, 0.6) is 5.75 Å². The fourth-order valence-corrected chi connectivity index (χ4v) is 4.46. The molecule has 2 aromatic rings. The van der Waals surface area contributed by atoms with Gasteiger partial charge in [-0.3, -0.25) is 9.59 Å². The van der Waals surface area contributed by atoms with E-state index in [4.69, 9.17) is 9.15 Å². The van der Waals surface area contributed by atoms with Gasteiger partial charge in [0.15, 0.2) is 0 Å². The lowest BCUT2D eigenvalue weighted by Gasteiger charge is -2.25. The number of carbonyl (C=O) groups is 2. The molecule has 1 amide bonds. The fourth-order valence-electron chi connectivity index (χ4n) is 4.46. The van der Waals surface area contributed by atoms with Crippen LogP contribution in [0.4, 0.5) is 0 Å². The number of aliphatic hydroxyl groups is 1. The summed E-state index contributed by atoms with van der Waals surface area (Å²) in [6, 6.07) is 8.07. The number of furan rings is 1. The third-order valence-corrected chi connectivity index (χ3v) is 6.23. The molecule has 1 fully saturated rings. The Morgan fingerprint density at radius 3 is 2.68 bits per heavy atom. The van der Waals surface area contributed by atoms with E-state index in [0.717, 1.165) is 30.8 Å². The largest absolute Gasteiger partial charge is 0.507 e. The number of rotatable bonds is 7. The highest BCUT2D eigenvalue weighted by Gasteiger charge is 2.47. The molecule has 0 unspecified atom stereocenters. The number of nitrogens with one attached hydrogen (secondary N) is 1. The van der Waals surface area contributed by atoms with E-state index in [0.29, 0.717) is 24.4 Å². The van der Waals surface area contributed by atoms with E-state index in [1.807, 2.05) is 13.0 Å². The second kappa shape index (κ2) is 8.59. The summed E-state index contributed by atoms with van der Waals surface area (Å²) in [5.41, 5.74) is 1.55. The number of quaternary nitrogens is 1. The lowest BCUT2D eigenvalue weighted by atomic mass is 9.97. The Hall–Kier alpha value is -3.06. The smallest absolute Gasteiger partial charge is 0.295 e. The maximum absolute atomic E-state index is 13.0. The molecular formula is C24H29N2O5+. The average Bonchev–Trinajstić information content (AvgIpc) is 3.47. The molecule has 164 valence electrons. The number of likely N-dealkylation sites (N-methyl/N-ethyl adjacent to an activating group) is 1. The Morgan fingerprint density at radius 1 is 1.23 bits per heavy atom. The van der Waals surface area contributed by atoms with Crippen LogP contribution in [0, 0.1) is 0 Å². The van der Waals surface area contributed by atoms with Crippen molar-refractivity contribution in [2.45, 2.75) is 39.3 Å². The highest BCUT2D eigenvalue weighted by molar-refractivity contribution is 6.46. The van der Waals surface area contributed by atoms with Gasteiger partial charge >= 0.3 is 0 Å². The lowest BCUT2D eigenvalue weighted by molar-refractivity contribution is -0.895. The van der Waals surface area contributed by atoms with Crippen LogP contribution < -0.4 is 9.64 Å². The zero-order valence-corrected chi connectivity index (χ0v) is 18.2. The molecule has 0 spiro atoms. The van der Waals surface area contributed by atoms with E-state index in [1.165, 1.54) is 16.1 Å². The molecular weight excluding hydrogens is 396 g/mol. The molecule has 1 aromatic heterocycles. The van der Waals surface area contributed by atoms with Gasteiger partial charge in [-0.15, -0.1) is 0 Å². The number of hydrogen-bond donors (Lipinski definition) is 2. The molecule has 4 rings (SSSR count). The summed E-state index contributed by atoms with van der Waals surface area (Å²) in [6.45, 7) is 9.15. The molecule has 2 aliphatic rings. The van der Waals surface area contributed by atoms with Gasteiger partial charge in [-0.2, -0.15) is 0 Å². The molecule has 2 aliphatic heterocycles. The number of nitrogens with zero attached hydrogens (tertiary/aromatic N) is 1. The summed E-state index contributed by atoms with van der Waals surface area (Å²) >= 11 is 0. The second-order valence-electron chi connectivity index (χ2n) is 8.17. The van der Waals surface area contributed by atoms with Crippen LogP contribution in [0.2, 0.25) is 0 Å². The standard InChI is InChI=1S/C24H28N2O5/c1-4-25(5-2)10-11-26-21(19-7-6-12-30-19)20(23(28)24(26)29)22(27)16-8-9-18-17(14-16)13-15(3)31-18/h6-9,12,14-15,21,27H,4-5,10-11,13H2,1-3H3/p+1/t15-,21+/m0/s1. The van der Waals surface area contributed by atoms with E-state index >= 15 is 0 Å². The minimum Gasteiger partial charge on any atom is -0.507 e. The van der Waals surface area contributed by atoms with Crippen LogP contribution in [0.25, 0.3) is 5.76 Å². The zero-order chi connectivity index (χ0) is 22.1. The van der Waals surface area contributed by atoms with Gasteiger partial charge in [0.1, 0.15) is 29.4 Å². The number of hydrogen-bond acceptors (Lipinski definition) is 5. The topological polar surface area (TPSA) is 84.4 Å². The summed E-state index contributed by atoms with van der Waals surface area (Å²) in [5.74, 6) is -0.214. The number of Topliss-reactive ketones (excluding diaryl/α,β-unsaturated/α-hetero) is 1. The van der Waals surface area contributed by atoms with Crippen molar-refractivity contribution in [3.8, 4) is 5.75 Å². The van der Waals surface area contributed by atoms with Crippen LogP contribution in [0.15, 0.2) is 46.6 Å². The predicted molar refractivity (Wildman–Crippen MR) is 115 cm³/mol. The van der Waals surface area contributed by atoms with Crippen molar-refractivity contribution in [1.29, 1.82) is 0 Å². The lowest BCUT2D eigenvalue weighted by Crippen LogP contribution is -3.12. The molecule has 0 bridgehead atoms. The normalized spacial score (nSPS) is 22.3. The maximum atomic E-state index is 13.0. The van der Waals surface area contributed by atoms with Gasteiger partial charge in [-0.1, -0.05) is 0 Å². The van der Waals surface area contributed by atoms with Crippen molar-refractivity contribution in [1.82, 2.24) is 4.90 Å². The molecule has 0 saturated carbocycles. The van der Waals surface area contributed by atoms with Crippen LogP contribution >= 0.6 is 0 Å². The molecule has 1 saturated heterocycles. The van der Waals surface area contributed by atoms with Crippen molar-refractivity contribution in [2.75, 3.05) is 26.2 Å². The van der Waals surface area contributed by atoms with Crippen LogP contribution in [-0.4, -0.2) is 54.0 Å². The van der Waals surface area contributed by atoms with Gasteiger partial charge in [0, 0.05) is 12.0 Å². The molecule has 0 radical (unpaired) electrons. The van der Waals surface area contributed by atoms with E-state index < -0.39 is 17.7 Å². The van der Waals surface area contributed by atoms with Crippen molar-refractivity contribution < 1.29 is 28.7 Å². The van der Waals surface area contributed by atoms with Gasteiger partial charge in [0.05, 0.1) is 38.0 Å². The molecule has 1 aromatic carbocycles. The Bertz CT molecular complexity index is 1010. The average molecular weight is 426 g/mol. The number of ether oxygens (including phenoxy) is 1. The maximum Gasteiger partial charge on any atom is 0.295 e. The first-order valence-electron chi connectivity index (χ1n) is 10.9. The molecule has 7 heteroatoms. The summed E-state index contributed by atoms with van der Waals surface area (Å²) in [6.07, 6.45) is 2.32. The number of ketones is 1. The summed E-state index contributed by atoms with van der Waals surface area (Å²) in [4.78, 5) is 28.8. The van der Waals surface area contributed by atoms with Crippen molar-refractivity contribution in [2.24, 2.45) is 0 Å². The van der Waals surface area contributed by atoms with Crippen molar-refractivity contribution in [3.63, 3.8) is 0 Å². The van der Waals surface area contributed by atoms with E-state index in [-0.39, 0.29) is 17.4 Å². The summed E-state index contributed by atoms with van der Waals surface area (Å²) in [7, 11) is 0.